The van der Waals surface area contributed by atoms with Crippen molar-refractivity contribution in [2.75, 3.05) is 25.4 Å². The molecule has 1 saturated heterocycles. The Kier molecular flexibility index (Phi) is 4.55. The maximum Gasteiger partial charge on any atom is 0.150 e. The molecule has 0 spiro atoms. The van der Waals surface area contributed by atoms with Crippen LogP contribution in [0.3, 0.4) is 0 Å². The van der Waals surface area contributed by atoms with Crippen LogP contribution in [-0.2, 0) is 11.3 Å². The minimum Gasteiger partial charge on any atom is -0.396 e. The molecule has 1 aromatic rings. The molecule has 2 N–H and O–H groups in total. The zero-order chi connectivity index (χ0) is 13.0. The van der Waals surface area contributed by atoms with Gasteiger partial charge in [0.15, 0.2) is 5.82 Å². The van der Waals surface area contributed by atoms with E-state index >= 15 is 0 Å². The lowest BCUT2D eigenvalue weighted by Gasteiger charge is -2.32. The highest BCUT2D eigenvalue weighted by Gasteiger charge is 2.21. The van der Waals surface area contributed by atoms with E-state index in [1.54, 1.807) is 18.2 Å². The third-order valence-electron chi connectivity index (χ3n) is 3.37. The first-order valence-electron chi connectivity index (χ1n) is 6.57. The summed E-state index contributed by atoms with van der Waals surface area (Å²) in [5.41, 5.74) is 6.48. The monoisotopic (exact) mass is 252 g/mol. The molecule has 1 aliphatic rings. The summed E-state index contributed by atoms with van der Waals surface area (Å²) in [6.07, 6.45) is 2.49. The van der Waals surface area contributed by atoms with Crippen LogP contribution in [0.1, 0.15) is 25.3 Å². The van der Waals surface area contributed by atoms with Gasteiger partial charge in [-0.25, -0.2) is 4.39 Å². The number of halogens is 1. The van der Waals surface area contributed by atoms with Crippen molar-refractivity contribution in [1.82, 2.24) is 4.90 Å². The summed E-state index contributed by atoms with van der Waals surface area (Å²) < 4.78 is 19.5. The van der Waals surface area contributed by atoms with E-state index in [4.69, 9.17) is 10.5 Å². The van der Waals surface area contributed by atoms with Crippen LogP contribution in [0, 0.1) is 5.82 Å². The van der Waals surface area contributed by atoms with Crippen LogP contribution in [0.4, 0.5) is 10.1 Å². The van der Waals surface area contributed by atoms with Gasteiger partial charge in [-0.1, -0.05) is 12.1 Å². The Balaban J connectivity index is 1.98. The first-order chi connectivity index (χ1) is 8.70. The molecule has 100 valence electrons. The van der Waals surface area contributed by atoms with Gasteiger partial charge in [0.1, 0.15) is 0 Å². The molecule has 0 saturated carbocycles. The molecule has 3 nitrogen and oxygen atoms in total. The fraction of sp³-hybridized carbons (Fsp3) is 0.571. The SMILES string of the molecule is CCOC1CCCN(Cc2cccc(N)c2F)C1. The number of likely N-dealkylation sites (tertiary alicyclic amines) is 1. The summed E-state index contributed by atoms with van der Waals surface area (Å²) in [5.74, 6) is -0.281. The number of benzene rings is 1. The minimum atomic E-state index is -0.281. The van der Waals surface area contributed by atoms with Crippen LogP contribution in [0.5, 0.6) is 0 Å². The Morgan fingerprint density at radius 1 is 1.50 bits per heavy atom. The fourth-order valence-corrected chi connectivity index (χ4v) is 2.49. The second kappa shape index (κ2) is 6.16. The number of nitrogen functional groups attached to an aromatic ring is 1. The third kappa shape index (κ3) is 3.21. The molecule has 1 unspecified atom stereocenters. The third-order valence-corrected chi connectivity index (χ3v) is 3.37. The molecule has 4 heteroatoms. The molecular weight excluding hydrogens is 231 g/mol. The van der Waals surface area contributed by atoms with Crippen molar-refractivity contribution in [3.05, 3.63) is 29.6 Å². The number of nitrogens with two attached hydrogens (primary N) is 1. The summed E-state index contributed by atoms with van der Waals surface area (Å²) >= 11 is 0. The standard InChI is InChI=1S/C14H21FN2O/c1-2-18-12-6-4-8-17(10-12)9-11-5-3-7-13(16)14(11)15/h3,5,7,12H,2,4,6,8-10,16H2,1H3. The van der Waals surface area contributed by atoms with Crippen molar-refractivity contribution in [2.24, 2.45) is 0 Å². The highest BCUT2D eigenvalue weighted by molar-refractivity contribution is 5.42. The normalized spacial score (nSPS) is 21.1. The largest absolute Gasteiger partial charge is 0.396 e. The Labute approximate surface area is 108 Å². The molecule has 0 aromatic heterocycles. The maximum atomic E-state index is 13.8. The molecule has 1 aliphatic heterocycles. The van der Waals surface area contributed by atoms with Gasteiger partial charge in [-0.05, 0) is 32.4 Å². The number of hydrogen-bond donors (Lipinski definition) is 1. The number of anilines is 1. The Morgan fingerprint density at radius 2 is 2.33 bits per heavy atom. The molecular formula is C14H21FN2O. The van der Waals surface area contributed by atoms with Crippen molar-refractivity contribution in [3.63, 3.8) is 0 Å². The summed E-state index contributed by atoms with van der Waals surface area (Å²) in [5, 5.41) is 0. The highest BCUT2D eigenvalue weighted by Crippen LogP contribution is 2.20. The van der Waals surface area contributed by atoms with E-state index in [1.165, 1.54) is 0 Å². The fourth-order valence-electron chi connectivity index (χ4n) is 2.49. The van der Waals surface area contributed by atoms with E-state index < -0.39 is 0 Å². The van der Waals surface area contributed by atoms with Gasteiger partial charge in [0.25, 0.3) is 0 Å². The van der Waals surface area contributed by atoms with Gasteiger partial charge in [0, 0.05) is 25.3 Å². The lowest BCUT2D eigenvalue weighted by Crippen LogP contribution is -2.39. The number of nitrogens with zero attached hydrogens (tertiary/aromatic N) is 1. The average Bonchev–Trinajstić information content (AvgIpc) is 2.36. The second-order valence-corrected chi connectivity index (χ2v) is 4.78. The van der Waals surface area contributed by atoms with Crippen molar-refractivity contribution in [1.29, 1.82) is 0 Å². The number of hydrogen-bond acceptors (Lipinski definition) is 3. The van der Waals surface area contributed by atoms with E-state index in [9.17, 15) is 4.39 Å². The molecule has 1 heterocycles. The topological polar surface area (TPSA) is 38.5 Å². The first-order valence-corrected chi connectivity index (χ1v) is 6.57. The van der Waals surface area contributed by atoms with Gasteiger partial charge >= 0.3 is 0 Å². The molecule has 0 aliphatic carbocycles. The second-order valence-electron chi connectivity index (χ2n) is 4.78. The smallest absolute Gasteiger partial charge is 0.150 e. The van der Waals surface area contributed by atoms with Crippen molar-refractivity contribution < 1.29 is 9.13 Å². The zero-order valence-electron chi connectivity index (χ0n) is 10.9. The van der Waals surface area contributed by atoms with E-state index in [0.29, 0.717) is 12.1 Å². The van der Waals surface area contributed by atoms with Gasteiger partial charge in [0.2, 0.25) is 0 Å². The summed E-state index contributed by atoms with van der Waals surface area (Å²) in [4.78, 5) is 2.24. The van der Waals surface area contributed by atoms with E-state index in [1.807, 2.05) is 6.92 Å². The van der Waals surface area contributed by atoms with Crippen molar-refractivity contribution in [3.8, 4) is 0 Å². The molecule has 2 rings (SSSR count). The number of rotatable bonds is 4. The number of ether oxygens (including phenoxy) is 1. The van der Waals surface area contributed by atoms with Crippen LogP contribution in [-0.4, -0.2) is 30.7 Å². The predicted octanol–water partition coefficient (Wildman–Crippen LogP) is 2.41. The van der Waals surface area contributed by atoms with Crippen molar-refractivity contribution in [2.45, 2.75) is 32.4 Å². The molecule has 0 radical (unpaired) electrons. The molecule has 18 heavy (non-hydrogen) atoms. The molecule has 0 bridgehead atoms. The Hall–Kier alpha value is -1.13. The quantitative estimate of drug-likeness (QED) is 0.836. The Morgan fingerprint density at radius 3 is 3.11 bits per heavy atom. The highest BCUT2D eigenvalue weighted by atomic mass is 19.1. The lowest BCUT2D eigenvalue weighted by atomic mass is 10.1. The van der Waals surface area contributed by atoms with Crippen molar-refractivity contribution >= 4 is 5.69 Å². The summed E-state index contributed by atoms with van der Waals surface area (Å²) in [7, 11) is 0. The minimum absolute atomic E-state index is 0.228. The summed E-state index contributed by atoms with van der Waals surface area (Å²) in [6.45, 7) is 5.24. The molecule has 1 atom stereocenters. The Bertz CT molecular complexity index is 395. The van der Waals surface area contributed by atoms with Gasteiger partial charge in [0.05, 0.1) is 11.8 Å². The average molecular weight is 252 g/mol. The molecule has 1 aromatic carbocycles. The molecule has 0 amide bonds. The summed E-state index contributed by atoms with van der Waals surface area (Å²) in [6, 6.07) is 5.20. The van der Waals surface area contributed by atoms with Gasteiger partial charge in [-0.15, -0.1) is 0 Å². The van der Waals surface area contributed by atoms with Crippen LogP contribution in [0.2, 0.25) is 0 Å². The van der Waals surface area contributed by atoms with E-state index in [-0.39, 0.29) is 17.6 Å². The predicted molar refractivity (Wildman–Crippen MR) is 70.7 cm³/mol. The van der Waals surface area contributed by atoms with Gasteiger partial charge in [-0.2, -0.15) is 0 Å². The maximum absolute atomic E-state index is 13.8. The van der Waals surface area contributed by atoms with Crippen LogP contribution in [0.25, 0.3) is 0 Å². The van der Waals surface area contributed by atoms with E-state index in [2.05, 4.69) is 4.90 Å². The van der Waals surface area contributed by atoms with Crippen LogP contribution >= 0.6 is 0 Å². The van der Waals surface area contributed by atoms with Crippen LogP contribution < -0.4 is 5.73 Å². The molecule has 1 fully saturated rings. The van der Waals surface area contributed by atoms with Gasteiger partial charge in [-0.3, -0.25) is 4.90 Å². The van der Waals surface area contributed by atoms with Gasteiger partial charge < -0.3 is 10.5 Å². The lowest BCUT2D eigenvalue weighted by molar-refractivity contribution is 0.00338. The number of piperidine rings is 1. The zero-order valence-corrected chi connectivity index (χ0v) is 10.9. The van der Waals surface area contributed by atoms with Crippen LogP contribution in [0.15, 0.2) is 18.2 Å². The first kappa shape index (κ1) is 13.3. The van der Waals surface area contributed by atoms with E-state index in [0.717, 1.165) is 32.5 Å².